The van der Waals surface area contributed by atoms with E-state index in [4.69, 9.17) is 0 Å². The number of rotatable bonds is 5. The SMILES string of the molecule is C=C(C)N1CCC(Nc2ccc(C3CCC3)c(C=O)c2)CC1. The number of likely N-dealkylation sites (tertiary alicyclic amines) is 1. The second-order valence-corrected chi connectivity index (χ2v) is 6.73. The molecule has 1 aromatic rings. The van der Waals surface area contributed by atoms with Gasteiger partial charge in [0.1, 0.15) is 6.29 Å². The van der Waals surface area contributed by atoms with Crippen LogP contribution in [0.25, 0.3) is 0 Å². The largest absolute Gasteiger partial charge is 0.382 e. The Morgan fingerprint density at radius 2 is 2.00 bits per heavy atom. The van der Waals surface area contributed by atoms with Crippen molar-refractivity contribution in [3.63, 3.8) is 0 Å². The Bertz CT molecular complexity index is 555. The molecule has 0 amide bonds. The summed E-state index contributed by atoms with van der Waals surface area (Å²) in [6.45, 7) is 8.22. The van der Waals surface area contributed by atoms with Crippen LogP contribution in [0.1, 0.15) is 60.9 Å². The van der Waals surface area contributed by atoms with E-state index in [9.17, 15) is 4.79 Å². The lowest BCUT2D eigenvalue weighted by Gasteiger charge is -2.34. The lowest BCUT2D eigenvalue weighted by Crippen LogP contribution is -2.37. The van der Waals surface area contributed by atoms with Gasteiger partial charge in [-0.05, 0) is 56.2 Å². The van der Waals surface area contributed by atoms with E-state index in [1.807, 2.05) is 6.07 Å². The van der Waals surface area contributed by atoms with Crippen LogP contribution in [-0.4, -0.2) is 30.3 Å². The minimum atomic E-state index is 0.490. The van der Waals surface area contributed by atoms with Gasteiger partial charge in [-0.1, -0.05) is 19.1 Å². The first-order chi connectivity index (χ1) is 10.7. The molecule has 1 aromatic carbocycles. The number of allylic oxidation sites excluding steroid dienone is 1. The summed E-state index contributed by atoms with van der Waals surface area (Å²) in [4.78, 5) is 13.7. The molecule has 0 atom stereocenters. The van der Waals surface area contributed by atoms with Gasteiger partial charge in [0.15, 0.2) is 0 Å². The lowest BCUT2D eigenvalue weighted by molar-refractivity contribution is 0.112. The van der Waals surface area contributed by atoms with Gasteiger partial charge in [-0.25, -0.2) is 0 Å². The van der Waals surface area contributed by atoms with Crippen molar-refractivity contribution >= 4 is 12.0 Å². The molecule has 1 aliphatic heterocycles. The fourth-order valence-electron chi connectivity index (χ4n) is 3.50. The Hall–Kier alpha value is -1.77. The summed E-state index contributed by atoms with van der Waals surface area (Å²) in [5.41, 5.74) is 4.35. The van der Waals surface area contributed by atoms with Crippen molar-refractivity contribution in [1.82, 2.24) is 4.90 Å². The predicted molar refractivity (Wildman–Crippen MR) is 91.5 cm³/mol. The predicted octanol–water partition coefficient (Wildman–Crippen LogP) is 4.18. The van der Waals surface area contributed by atoms with Crippen molar-refractivity contribution in [2.75, 3.05) is 18.4 Å². The summed E-state index contributed by atoms with van der Waals surface area (Å²) in [7, 11) is 0. The maximum absolute atomic E-state index is 11.4. The molecule has 1 N–H and O–H groups in total. The standard InChI is InChI=1S/C19H26N2O/c1-14(2)21-10-8-17(9-11-21)20-18-6-7-19(15-4-3-5-15)16(12-18)13-22/h6-7,12-13,15,17,20H,1,3-5,8-11H2,2H3. The fraction of sp³-hybridized carbons (Fsp3) is 0.526. The van der Waals surface area contributed by atoms with Gasteiger partial charge in [-0.2, -0.15) is 0 Å². The molecule has 22 heavy (non-hydrogen) atoms. The molecular weight excluding hydrogens is 272 g/mol. The van der Waals surface area contributed by atoms with Crippen LogP contribution >= 0.6 is 0 Å². The molecule has 0 radical (unpaired) electrons. The molecule has 0 spiro atoms. The van der Waals surface area contributed by atoms with Gasteiger partial charge in [0.05, 0.1) is 0 Å². The summed E-state index contributed by atoms with van der Waals surface area (Å²) in [5.74, 6) is 0.605. The molecule has 2 fully saturated rings. The third-order valence-electron chi connectivity index (χ3n) is 5.16. The monoisotopic (exact) mass is 298 g/mol. The first-order valence-corrected chi connectivity index (χ1v) is 8.43. The van der Waals surface area contributed by atoms with Crippen LogP contribution in [0.4, 0.5) is 5.69 Å². The minimum absolute atomic E-state index is 0.490. The molecule has 1 saturated heterocycles. The zero-order valence-electron chi connectivity index (χ0n) is 13.5. The van der Waals surface area contributed by atoms with Gasteiger partial charge in [0, 0.05) is 36.1 Å². The maximum atomic E-state index is 11.4. The van der Waals surface area contributed by atoms with Crippen LogP contribution < -0.4 is 5.32 Å². The number of carbonyl (C=O) groups excluding carboxylic acids is 1. The number of anilines is 1. The van der Waals surface area contributed by atoms with Crippen molar-refractivity contribution < 1.29 is 4.79 Å². The molecule has 0 unspecified atom stereocenters. The van der Waals surface area contributed by atoms with E-state index >= 15 is 0 Å². The highest BCUT2D eigenvalue weighted by molar-refractivity contribution is 5.80. The van der Waals surface area contributed by atoms with E-state index in [0.717, 1.165) is 49.2 Å². The quantitative estimate of drug-likeness (QED) is 0.828. The number of nitrogens with zero attached hydrogens (tertiary/aromatic N) is 1. The average molecular weight is 298 g/mol. The Balaban J connectivity index is 1.63. The highest BCUT2D eigenvalue weighted by atomic mass is 16.1. The molecular formula is C19H26N2O. The second-order valence-electron chi connectivity index (χ2n) is 6.73. The smallest absolute Gasteiger partial charge is 0.150 e. The Kier molecular flexibility index (Phi) is 4.51. The summed E-state index contributed by atoms with van der Waals surface area (Å²) in [6.07, 6.45) is 7.01. The van der Waals surface area contributed by atoms with E-state index < -0.39 is 0 Å². The van der Waals surface area contributed by atoms with Crippen LogP contribution in [0.15, 0.2) is 30.5 Å². The number of nitrogens with one attached hydrogen (secondary N) is 1. The molecule has 3 rings (SSSR count). The number of piperidine rings is 1. The molecule has 1 saturated carbocycles. The minimum Gasteiger partial charge on any atom is -0.382 e. The third-order valence-corrected chi connectivity index (χ3v) is 5.16. The number of carbonyl (C=O) groups is 1. The average Bonchev–Trinajstić information content (AvgIpc) is 2.47. The fourth-order valence-corrected chi connectivity index (χ4v) is 3.50. The molecule has 3 nitrogen and oxygen atoms in total. The molecule has 0 aromatic heterocycles. The molecule has 1 aliphatic carbocycles. The zero-order chi connectivity index (χ0) is 15.5. The van der Waals surface area contributed by atoms with Crippen LogP contribution in [0.3, 0.4) is 0 Å². The van der Waals surface area contributed by atoms with Gasteiger partial charge in [-0.3, -0.25) is 4.79 Å². The normalized spacial score (nSPS) is 19.6. The maximum Gasteiger partial charge on any atom is 0.150 e. The van der Waals surface area contributed by atoms with E-state index in [1.165, 1.54) is 24.8 Å². The van der Waals surface area contributed by atoms with Crippen molar-refractivity contribution in [3.05, 3.63) is 41.6 Å². The van der Waals surface area contributed by atoms with E-state index in [1.54, 1.807) is 0 Å². The second kappa shape index (κ2) is 6.55. The van der Waals surface area contributed by atoms with Gasteiger partial charge in [0.2, 0.25) is 0 Å². The molecule has 3 heteroatoms. The van der Waals surface area contributed by atoms with Crippen LogP contribution in [0.5, 0.6) is 0 Å². The molecule has 0 bridgehead atoms. The Labute approximate surface area is 133 Å². The molecule has 1 heterocycles. The Morgan fingerprint density at radius 1 is 1.27 bits per heavy atom. The topological polar surface area (TPSA) is 32.3 Å². The van der Waals surface area contributed by atoms with Gasteiger partial charge >= 0.3 is 0 Å². The van der Waals surface area contributed by atoms with Crippen LogP contribution in [0.2, 0.25) is 0 Å². The number of hydrogen-bond donors (Lipinski definition) is 1. The van der Waals surface area contributed by atoms with Crippen molar-refractivity contribution in [3.8, 4) is 0 Å². The van der Waals surface area contributed by atoms with Crippen molar-refractivity contribution in [2.45, 2.75) is 51.0 Å². The zero-order valence-corrected chi connectivity index (χ0v) is 13.5. The van der Waals surface area contributed by atoms with Gasteiger partial charge in [0.25, 0.3) is 0 Å². The highest BCUT2D eigenvalue weighted by Crippen LogP contribution is 2.38. The van der Waals surface area contributed by atoms with Crippen molar-refractivity contribution in [2.24, 2.45) is 0 Å². The summed E-state index contributed by atoms with van der Waals surface area (Å²) < 4.78 is 0. The number of aldehydes is 1. The van der Waals surface area contributed by atoms with E-state index in [2.05, 4.69) is 35.9 Å². The lowest BCUT2D eigenvalue weighted by atomic mass is 9.78. The summed E-state index contributed by atoms with van der Waals surface area (Å²) in [5, 5.41) is 3.60. The number of benzene rings is 1. The van der Waals surface area contributed by atoms with Crippen molar-refractivity contribution in [1.29, 1.82) is 0 Å². The van der Waals surface area contributed by atoms with Crippen LogP contribution in [0, 0.1) is 0 Å². The number of hydrogen-bond acceptors (Lipinski definition) is 3. The third kappa shape index (κ3) is 3.18. The summed E-state index contributed by atoms with van der Waals surface area (Å²) >= 11 is 0. The molecule has 118 valence electrons. The molecule has 2 aliphatic rings. The first kappa shape index (κ1) is 15.1. The van der Waals surface area contributed by atoms with Gasteiger partial charge in [-0.15, -0.1) is 0 Å². The Morgan fingerprint density at radius 3 is 2.55 bits per heavy atom. The van der Waals surface area contributed by atoms with Gasteiger partial charge < -0.3 is 10.2 Å². The van der Waals surface area contributed by atoms with E-state index in [-0.39, 0.29) is 0 Å². The summed E-state index contributed by atoms with van der Waals surface area (Å²) in [6, 6.07) is 6.82. The highest BCUT2D eigenvalue weighted by Gasteiger charge is 2.23. The first-order valence-electron chi connectivity index (χ1n) is 8.43. The van der Waals surface area contributed by atoms with Crippen LogP contribution in [-0.2, 0) is 0 Å². The van der Waals surface area contributed by atoms with E-state index in [0.29, 0.717) is 12.0 Å².